The van der Waals surface area contributed by atoms with E-state index in [2.05, 4.69) is 30.5 Å². The third-order valence-electron chi connectivity index (χ3n) is 3.56. The largest absolute Gasteiger partial charge is 0.221 e. The van der Waals surface area contributed by atoms with Gasteiger partial charge in [-0.3, -0.25) is 0 Å². The molecular formula is C21H20N2S. The molecule has 0 fully saturated rings. The van der Waals surface area contributed by atoms with Gasteiger partial charge in [-0.25, -0.2) is 8.73 Å². The van der Waals surface area contributed by atoms with E-state index in [0.29, 0.717) is 0 Å². The zero-order valence-corrected chi connectivity index (χ0v) is 14.4. The molecule has 0 bridgehead atoms. The summed E-state index contributed by atoms with van der Waals surface area (Å²) < 4.78 is 9.81. The lowest BCUT2D eigenvalue weighted by atomic mass is 10.2. The zero-order chi connectivity index (χ0) is 16.7. The van der Waals surface area contributed by atoms with Crippen LogP contribution < -0.4 is 0 Å². The summed E-state index contributed by atoms with van der Waals surface area (Å²) in [7, 11) is -1.68. The van der Waals surface area contributed by atoms with Gasteiger partial charge in [0, 0.05) is 17.4 Å². The van der Waals surface area contributed by atoms with E-state index < -0.39 is 9.62 Å². The van der Waals surface area contributed by atoms with Gasteiger partial charge < -0.3 is 0 Å². The van der Waals surface area contributed by atoms with Crippen molar-refractivity contribution in [2.75, 3.05) is 6.26 Å². The van der Waals surface area contributed by atoms with Gasteiger partial charge in [0.2, 0.25) is 0 Å². The highest BCUT2D eigenvalue weighted by Crippen LogP contribution is 2.21. The second-order valence-electron chi connectivity index (χ2n) is 5.41. The molecule has 0 spiro atoms. The van der Waals surface area contributed by atoms with Gasteiger partial charge in [-0.15, -0.1) is 0 Å². The van der Waals surface area contributed by atoms with Crippen molar-refractivity contribution in [3.63, 3.8) is 0 Å². The molecule has 3 aromatic carbocycles. The molecule has 0 saturated heterocycles. The van der Waals surface area contributed by atoms with Crippen molar-refractivity contribution < 1.29 is 0 Å². The molecule has 1 atom stereocenters. The number of benzene rings is 3. The quantitative estimate of drug-likeness (QED) is 0.543. The van der Waals surface area contributed by atoms with E-state index in [9.17, 15) is 0 Å². The molecule has 0 aliphatic carbocycles. The highest BCUT2D eigenvalue weighted by molar-refractivity contribution is 7.95. The third kappa shape index (κ3) is 4.21. The second-order valence-corrected chi connectivity index (χ2v) is 7.94. The maximum absolute atomic E-state index is 4.96. The molecule has 0 heterocycles. The predicted molar refractivity (Wildman–Crippen MR) is 104 cm³/mol. The third-order valence-corrected chi connectivity index (χ3v) is 5.83. The molecule has 0 aliphatic heterocycles. The highest BCUT2D eigenvalue weighted by atomic mass is 32.2. The average molecular weight is 332 g/mol. The van der Waals surface area contributed by atoms with Crippen molar-refractivity contribution in [1.29, 1.82) is 0 Å². The van der Waals surface area contributed by atoms with Gasteiger partial charge in [-0.2, -0.15) is 0 Å². The number of hydrogen-bond acceptors (Lipinski definition) is 2. The highest BCUT2D eigenvalue weighted by Gasteiger charge is 2.03. The Morgan fingerprint density at radius 1 is 0.708 bits per heavy atom. The Morgan fingerprint density at radius 3 is 1.88 bits per heavy atom. The fraction of sp³-hybridized carbons (Fsp3) is 0.0476. The molecule has 2 nitrogen and oxygen atoms in total. The van der Waals surface area contributed by atoms with Gasteiger partial charge >= 0.3 is 0 Å². The van der Waals surface area contributed by atoms with Crippen LogP contribution >= 0.6 is 0 Å². The molecule has 3 heteroatoms. The lowest BCUT2D eigenvalue weighted by molar-refractivity contribution is 1.41. The van der Waals surface area contributed by atoms with E-state index in [-0.39, 0.29) is 0 Å². The van der Waals surface area contributed by atoms with E-state index >= 15 is 0 Å². The molecule has 0 radical (unpaired) electrons. The zero-order valence-electron chi connectivity index (χ0n) is 13.6. The van der Waals surface area contributed by atoms with Crippen LogP contribution in [0.3, 0.4) is 0 Å². The molecule has 1 unspecified atom stereocenters. The van der Waals surface area contributed by atoms with Gasteiger partial charge in [0.25, 0.3) is 0 Å². The van der Waals surface area contributed by atoms with Crippen LogP contribution in [0.1, 0.15) is 5.56 Å². The molecule has 0 aromatic heterocycles. The molecule has 3 aromatic rings. The minimum atomic E-state index is -1.68. The van der Waals surface area contributed by atoms with Crippen LogP contribution in [0.15, 0.2) is 111 Å². The minimum Gasteiger partial charge on any atom is -0.221 e. The Kier molecular flexibility index (Phi) is 5.24. The van der Waals surface area contributed by atoms with E-state index in [4.69, 9.17) is 8.73 Å². The van der Waals surface area contributed by atoms with Crippen molar-refractivity contribution in [3.8, 4) is 0 Å². The first-order valence-corrected chi connectivity index (χ1v) is 9.77. The standard InChI is InChI=1S/C21H20N2S/c1-24(21-15-9-4-10-16-21,23-20-13-7-3-8-14-20)22-18-17-19-11-5-2-6-12-19/h2-18H,1H3/b18-17+. The summed E-state index contributed by atoms with van der Waals surface area (Å²) in [6, 6.07) is 30.5. The first-order valence-electron chi connectivity index (χ1n) is 7.81. The van der Waals surface area contributed by atoms with Crippen LogP contribution in [0, 0.1) is 0 Å². The maximum atomic E-state index is 4.96. The fourth-order valence-corrected chi connectivity index (χ4v) is 4.09. The van der Waals surface area contributed by atoms with Crippen LogP contribution in [-0.2, 0) is 9.62 Å². The van der Waals surface area contributed by atoms with Gasteiger partial charge in [0.05, 0.1) is 5.69 Å². The van der Waals surface area contributed by atoms with Crippen molar-refractivity contribution in [2.24, 2.45) is 8.73 Å². The molecular weight excluding hydrogens is 312 g/mol. The van der Waals surface area contributed by atoms with E-state index in [1.165, 1.54) is 0 Å². The molecule has 120 valence electrons. The molecule has 0 saturated carbocycles. The summed E-state index contributed by atoms with van der Waals surface area (Å²) in [5.74, 6) is 0. The monoisotopic (exact) mass is 332 g/mol. The molecule has 3 rings (SSSR count). The van der Waals surface area contributed by atoms with Gasteiger partial charge in [-0.1, -0.05) is 66.7 Å². The predicted octanol–water partition coefficient (Wildman–Crippen LogP) is 6.20. The normalized spacial score (nSPS) is 13.4. The van der Waals surface area contributed by atoms with Crippen LogP contribution in [0.4, 0.5) is 5.69 Å². The summed E-state index contributed by atoms with van der Waals surface area (Å²) in [4.78, 5) is 1.14. The van der Waals surface area contributed by atoms with Crippen molar-refractivity contribution in [1.82, 2.24) is 0 Å². The molecule has 0 N–H and O–H groups in total. The lowest BCUT2D eigenvalue weighted by Gasteiger charge is -2.10. The van der Waals surface area contributed by atoms with Crippen LogP contribution in [0.5, 0.6) is 0 Å². The summed E-state index contributed by atoms with van der Waals surface area (Å²) in [5, 5.41) is 0. The Labute approximate surface area is 144 Å². The van der Waals surface area contributed by atoms with Gasteiger partial charge in [0.15, 0.2) is 0 Å². The number of hydrogen-bond donors (Lipinski definition) is 0. The van der Waals surface area contributed by atoms with E-state index in [1.807, 2.05) is 79.0 Å². The Bertz CT molecular complexity index is 921. The van der Waals surface area contributed by atoms with Gasteiger partial charge in [0.1, 0.15) is 0 Å². The van der Waals surface area contributed by atoms with Crippen molar-refractivity contribution in [3.05, 3.63) is 103 Å². The molecule has 0 aliphatic rings. The Balaban J connectivity index is 2.07. The smallest absolute Gasteiger partial charge is 0.0717 e. The van der Waals surface area contributed by atoms with Crippen LogP contribution in [-0.4, -0.2) is 6.26 Å². The molecule has 0 amide bonds. The summed E-state index contributed by atoms with van der Waals surface area (Å²) >= 11 is 0. The number of rotatable bonds is 4. The topological polar surface area (TPSA) is 24.7 Å². The van der Waals surface area contributed by atoms with E-state index in [1.54, 1.807) is 0 Å². The lowest BCUT2D eigenvalue weighted by Crippen LogP contribution is -1.96. The van der Waals surface area contributed by atoms with Crippen molar-refractivity contribution >= 4 is 21.4 Å². The number of nitrogens with zero attached hydrogens (tertiary/aromatic N) is 2. The molecule has 24 heavy (non-hydrogen) atoms. The SMILES string of the molecule is CS(=N/C=C/c1ccccc1)(=Nc1ccccc1)c1ccccc1. The van der Waals surface area contributed by atoms with Gasteiger partial charge in [-0.05, 0) is 45.5 Å². The summed E-state index contributed by atoms with van der Waals surface area (Å²) in [5.41, 5.74) is 2.09. The van der Waals surface area contributed by atoms with Crippen LogP contribution in [0.2, 0.25) is 0 Å². The summed E-state index contributed by atoms with van der Waals surface area (Å²) in [6.07, 6.45) is 6.02. The first-order chi connectivity index (χ1) is 11.8. The average Bonchev–Trinajstić information content (AvgIpc) is 2.64. The minimum absolute atomic E-state index is 0.954. The Hall–Kier alpha value is -2.65. The van der Waals surface area contributed by atoms with Crippen molar-refractivity contribution in [2.45, 2.75) is 4.90 Å². The first kappa shape index (κ1) is 16.2. The van der Waals surface area contributed by atoms with E-state index in [0.717, 1.165) is 16.1 Å². The summed E-state index contributed by atoms with van der Waals surface area (Å²) in [6.45, 7) is 0. The second kappa shape index (κ2) is 7.75. The fourth-order valence-electron chi connectivity index (χ4n) is 2.31. The Morgan fingerprint density at radius 2 is 1.25 bits per heavy atom. The maximum Gasteiger partial charge on any atom is 0.0717 e. The van der Waals surface area contributed by atoms with Crippen LogP contribution in [0.25, 0.3) is 6.08 Å².